The zero-order valence-electron chi connectivity index (χ0n) is 16.8. The lowest BCUT2D eigenvalue weighted by Gasteiger charge is -2.42. The number of aromatic nitrogens is 2. The highest BCUT2D eigenvalue weighted by Gasteiger charge is 2.49. The molecule has 10 heteroatoms. The third-order valence-electron chi connectivity index (χ3n) is 5.00. The van der Waals surface area contributed by atoms with Crippen LogP contribution in [0.25, 0.3) is 0 Å². The average molecular weight is 401 g/mol. The topological polar surface area (TPSA) is 123 Å². The number of amides is 2. The molecule has 156 valence electrons. The Morgan fingerprint density at radius 2 is 2.10 bits per heavy atom. The molecule has 29 heavy (non-hydrogen) atoms. The standard InChI is InChI=1S/C19H27N7O3/c1-19(2,3)10-25-14-8-12(23-13-9-20-6-7-21-13)24-26(14)18(29)15(17(25)28)16(27)22-11-4-5-11/h6-7,9,11-12,14,24,28H,4-5,8,10H2,1-3H3,(H,21,23)(H,22,27). The van der Waals surface area contributed by atoms with Gasteiger partial charge in [-0.05, 0) is 18.3 Å². The molecule has 4 rings (SSSR count). The summed E-state index contributed by atoms with van der Waals surface area (Å²) in [5.74, 6) is -0.742. The zero-order chi connectivity index (χ0) is 20.8. The quantitative estimate of drug-likeness (QED) is 0.532. The Bertz CT molecular complexity index is 832. The lowest BCUT2D eigenvalue weighted by atomic mass is 9.95. The van der Waals surface area contributed by atoms with Crippen molar-refractivity contribution in [3.63, 3.8) is 0 Å². The van der Waals surface area contributed by atoms with E-state index in [0.717, 1.165) is 12.8 Å². The first kappa shape index (κ1) is 19.4. The maximum Gasteiger partial charge on any atom is 0.281 e. The predicted molar refractivity (Wildman–Crippen MR) is 105 cm³/mol. The van der Waals surface area contributed by atoms with Crippen molar-refractivity contribution in [1.82, 2.24) is 30.6 Å². The van der Waals surface area contributed by atoms with Gasteiger partial charge in [0.25, 0.3) is 11.8 Å². The monoisotopic (exact) mass is 401 g/mol. The summed E-state index contributed by atoms with van der Waals surface area (Å²) in [7, 11) is 0. The number of hydrogen-bond acceptors (Lipinski definition) is 8. The van der Waals surface area contributed by atoms with Crippen LogP contribution in [0, 0.1) is 5.41 Å². The second kappa shape index (κ2) is 7.18. The van der Waals surface area contributed by atoms with Gasteiger partial charge in [0, 0.05) is 31.4 Å². The first-order chi connectivity index (χ1) is 13.7. The Morgan fingerprint density at radius 1 is 1.34 bits per heavy atom. The van der Waals surface area contributed by atoms with Crippen LogP contribution in [0.1, 0.15) is 40.0 Å². The molecular weight excluding hydrogens is 374 g/mol. The number of nitrogens with zero attached hydrogens (tertiary/aromatic N) is 4. The van der Waals surface area contributed by atoms with Gasteiger partial charge >= 0.3 is 0 Å². The van der Waals surface area contributed by atoms with Gasteiger partial charge in [-0.15, -0.1) is 0 Å². The Hall–Kier alpha value is -2.88. The van der Waals surface area contributed by atoms with E-state index in [4.69, 9.17) is 0 Å². The molecule has 1 aromatic rings. The van der Waals surface area contributed by atoms with E-state index >= 15 is 0 Å². The summed E-state index contributed by atoms with van der Waals surface area (Å²) in [6, 6.07) is 0.0852. The molecule has 2 atom stereocenters. The van der Waals surface area contributed by atoms with Gasteiger partial charge in [0.05, 0.1) is 12.4 Å². The Labute approximate surface area is 169 Å². The second-order valence-electron chi connectivity index (χ2n) is 8.94. The molecule has 10 nitrogen and oxygen atoms in total. The van der Waals surface area contributed by atoms with E-state index in [1.54, 1.807) is 23.5 Å². The summed E-state index contributed by atoms with van der Waals surface area (Å²) in [6.45, 7) is 6.61. The third-order valence-corrected chi connectivity index (χ3v) is 5.00. The number of hydrogen-bond donors (Lipinski definition) is 4. The van der Waals surface area contributed by atoms with Crippen LogP contribution in [0.4, 0.5) is 5.82 Å². The maximum absolute atomic E-state index is 13.1. The van der Waals surface area contributed by atoms with Gasteiger partial charge in [-0.3, -0.25) is 14.6 Å². The van der Waals surface area contributed by atoms with Gasteiger partial charge in [-0.1, -0.05) is 20.8 Å². The largest absolute Gasteiger partial charge is 0.494 e. The fraction of sp³-hybridized carbons (Fsp3) is 0.579. The fourth-order valence-electron chi connectivity index (χ4n) is 3.60. The van der Waals surface area contributed by atoms with Gasteiger partial charge in [-0.25, -0.2) is 15.4 Å². The molecule has 3 heterocycles. The number of carbonyl (C=O) groups is 2. The normalized spacial score (nSPS) is 24.6. The van der Waals surface area contributed by atoms with Gasteiger partial charge < -0.3 is 20.6 Å². The molecule has 1 saturated heterocycles. The second-order valence-corrected chi connectivity index (χ2v) is 8.94. The molecule has 1 aliphatic carbocycles. The zero-order valence-corrected chi connectivity index (χ0v) is 16.8. The highest BCUT2D eigenvalue weighted by atomic mass is 16.3. The summed E-state index contributed by atoms with van der Waals surface area (Å²) >= 11 is 0. The Balaban J connectivity index is 1.60. The number of nitrogens with one attached hydrogen (secondary N) is 3. The van der Waals surface area contributed by atoms with Crippen LogP contribution in [0.15, 0.2) is 30.0 Å². The van der Waals surface area contributed by atoms with E-state index in [2.05, 4.69) is 26.0 Å². The molecule has 3 aliphatic rings. The number of carbonyl (C=O) groups excluding carboxylic acids is 2. The molecule has 0 aromatic carbocycles. The minimum atomic E-state index is -0.528. The van der Waals surface area contributed by atoms with Crippen LogP contribution in [0.5, 0.6) is 0 Å². The van der Waals surface area contributed by atoms with E-state index in [0.29, 0.717) is 18.8 Å². The minimum Gasteiger partial charge on any atom is -0.494 e. The van der Waals surface area contributed by atoms with Crippen molar-refractivity contribution in [2.24, 2.45) is 5.41 Å². The summed E-state index contributed by atoms with van der Waals surface area (Å²) < 4.78 is 0. The molecular formula is C19H27N7O3. The van der Waals surface area contributed by atoms with E-state index in [1.807, 2.05) is 20.8 Å². The predicted octanol–water partition coefficient (Wildman–Crippen LogP) is 0.688. The lowest BCUT2D eigenvalue weighted by Crippen LogP contribution is -2.58. The Kier molecular flexibility index (Phi) is 4.81. The first-order valence-electron chi connectivity index (χ1n) is 9.86. The van der Waals surface area contributed by atoms with Gasteiger partial charge in [-0.2, -0.15) is 0 Å². The van der Waals surface area contributed by atoms with Gasteiger partial charge in [0.15, 0.2) is 5.57 Å². The number of rotatable bonds is 5. The van der Waals surface area contributed by atoms with Crippen molar-refractivity contribution >= 4 is 17.6 Å². The highest BCUT2D eigenvalue weighted by Crippen LogP contribution is 2.33. The summed E-state index contributed by atoms with van der Waals surface area (Å²) in [6.07, 6.45) is 6.32. The summed E-state index contributed by atoms with van der Waals surface area (Å²) in [4.78, 5) is 35.7. The van der Waals surface area contributed by atoms with E-state index in [-0.39, 0.29) is 29.1 Å². The SMILES string of the molecule is CC(C)(C)CN1C(O)=C(C(=O)NC2CC2)C(=O)N2NC(Nc3cnccn3)CC12. The maximum atomic E-state index is 13.1. The first-order valence-corrected chi connectivity index (χ1v) is 9.86. The lowest BCUT2D eigenvalue weighted by molar-refractivity contribution is -0.142. The van der Waals surface area contributed by atoms with Crippen LogP contribution >= 0.6 is 0 Å². The number of hydrazine groups is 1. The summed E-state index contributed by atoms with van der Waals surface area (Å²) in [5, 5.41) is 18.4. The molecule has 2 unspecified atom stereocenters. The molecule has 2 amide bonds. The van der Waals surface area contributed by atoms with Crippen molar-refractivity contribution in [2.45, 2.75) is 58.4 Å². The van der Waals surface area contributed by atoms with Crippen LogP contribution in [0.3, 0.4) is 0 Å². The fourth-order valence-corrected chi connectivity index (χ4v) is 3.60. The van der Waals surface area contributed by atoms with Gasteiger partial charge in [0.1, 0.15) is 12.0 Å². The van der Waals surface area contributed by atoms with E-state index < -0.39 is 18.0 Å². The number of aliphatic hydroxyl groups excluding tert-OH is 1. The summed E-state index contributed by atoms with van der Waals surface area (Å²) in [5.41, 5.74) is 2.74. The number of aliphatic hydroxyl groups is 1. The smallest absolute Gasteiger partial charge is 0.281 e. The van der Waals surface area contributed by atoms with E-state index in [9.17, 15) is 14.7 Å². The number of anilines is 1. The molecule has 1 aromatic heterocycles. The molecule has 4 N–H and O–H groups in total. The highest BCUT2D eigenvalue weighted by molar-refractivity contribution is 6.19. The van der Waals surface area contributed by atoms with Crippen LogP contribution in [0.2, 0.25) is 0 Å². The van der Waals surface area contributed by atoms with Crippen molar-refractivity contribution in [2.75, 3.05) is 11.9 Å². The number of fused-ring (bicyclic) bond motifs is 1. The molecule has 1 saturated carbocycles. The van der Waals surface area contributed by atoms with E-state index in [1.165, 1.54) is 5.01 Å². The van der Waals surface area contributed by atoms with Crippen molar-refractivity contribution in [1.29, 1.82) is 0 Å². The van der Waals surface area contributed by atoms with Gasteiger partial charge in [0.2, 0.25) is 5.88 Å². The molecule has 2 fully saturated rings. The third kappa shape index (κ3) is 4.12. The molecule has 0 radical (unpaired) electrons. The van der Waals surface area contributed by atoms with Crippen LogP contribution in [-0.2, 0) is 9.59 Å². The molecule has 2 aliphatic heterocycles. The van der Waals surface area contributed by atoms with Crippen molar-refractivity contribution in [3.05, 3.63) is 30.0 Å². The van der Waals surface area contributed by atoms with Crippen LogP contribution in [-0.4, -0.2) is 61.7 Å². The van der Waals surface area contributed by atoms with Crippen molar-refractivity contribution in [3.8, 4) is 0 Å². The average Bonchev–Trinajstić information content (AvgIpc) is 3.35. The Morgan fingerprint density at radius 3 is 2.72 bits per heavy atom. The molecule has 0 bridgehead atoms. The molecule has 0 spiro atoms. The minimum absolute atomic E-state index is 0.0852. The van der Waals surface area contributed by atoms with Crippen molar-refractivity contribution < 1.29 is 14.7 Å². The van der Waals surface area contributed by atoms with Crippen LogP contribution < -0.4 is 16.1 Å².